The first-order valence-electron chi connectivity index (χ1n) is 9.18. The normalized spacial score (nSPS) is 19.4. The highest BCUT2D eigenvalue weighted by Crippen LogP contribution is 2.39. The van der Waals surface area contributed by atoms with Gasteiger partial charge in [0.15, 0.2) is 0 Å². The first-order valence-corrected chi connectivity index (χ1v) is 9.18. The molecule has 2 aromatic heterocycles. The predicted octanol–water partition coefficient (Wildman–Crippen LogP) is 4.40. The van der Waals surface area contributed by atoms with Crippen molar-refractivity contribution in [2.45, 2.75) is 37.6 Å². The fourth-order valence-corrected chi connectivity index (χ4v) is 4.09. The number of halogens is 2. The van der Waals surface area contributed by atoms with E-state index in [9.17, 15) is 8.78 Å². The molecule has 138 valence electrons. The van der Waals surface area contributed by atoms with Crippen molar-refractivity contribution < 1.29 is 8.78 Å². The zero-order valence-corrected chi connectivity index (χ0v) is 14.7. The van der Waals surface area contributed by atoms with Gasteiger partial charge in [-0.15, -0.1) is 0 Å². The number of benzene rings is 1. The lowest BCUT2D eigenvalue weighted by molar-refractivity contribution is -0.0381. The highest BCUT2D eigenvalue weighted by atomic mass is 19.3. The first kappa shape index (κ1) is 16.4. The van der Waals surface area contributed by atoms with Crippen molar-refractivity contribution in [1.29, 1.82) is 0 Å². The molecule has 0 unspecified atom stereocenters. The van der Waals surface area contributed by atoms with Crippen molar-refractivity contribution >= 4 is 23.1 Å². The second-order valence-electron chi connectivity index (χ2n) is 7.23. The number of alkyl halides is 2. The summed E-state index contributed by atoms with van der Waals surface area (Å²) in [5.74, 6) is -1.56. The van der Waals surface area contributed by atoms with Gasteiger partial charge in [0, 0.05) is 54.8 Å². The van der Waals surface area contributed by atoms with E-state index in [2.05, 4.69) is 24.8 Å². The van der Waals surface area contributed by atoms with Gasteiger partial charge in [0.1, 0.15) is 12.5 Å². The number of H-pyrrole nitrogens is 1. The molecule has 0 bridgehead atoms. The molecule has 1 aromatic carbocycles. The van der Waals surface area contributed by atoms with Crippen molar-refractivity contribution in [3.05, 3.63) is 42.4 Å². The molecule has 3 aromatic rings. The number of anilines is 1. The average molecular weight is 367 g/mol. The largest absolute Gasteiger partial charge is 0.347 e. The zero-order valence-electron chi connectivity index (χ0n) is 14.7. The average Bonchev–Trinajstić information content (AvgIpc) is 3.12. The van der Waals surface area contributed by atoms with Gasteiger partial charge in [-0.2, -0.15) is 0 Å². The van der Waals surface area contributed by atoms with Crippen molar-refractivity contribution in [1.82, 2.24) is 15.0 Å². The summed E-state index contributed by atoms with van der Waals surface area (Å²) in [7, 11) is 0. The molecular weight excluding hydrogens is 348 g/mol. The molecule has 1 fully saturated rings. The van der Waals surface area contributed by atoms with E-state index in [-0.39, 0.29) is 18.9 Å². The van der Waals surface area contributed by atoms with Crippen LogP contribution in [0.25, 0.3) is 22.2 Å². The number of fused-ring (bicyclic) bond motifs is 2. The van der Waals surface area contributed by atoms with E-state index in [0.717, 1.165) is 33.5 Å². The lowest BCUT2D eigenvalue weighted by atomic mass is 9.91. The molecule has 0 amide bonds. The molecule has 0 spiro atoms. The van der Waals surface area contributed by atoms with Gasteiger partial charge >= 0.3 is 0 Å². The second kappa shape index (κ2) is 6.11. The second-order valence-corrected chi connectivity index (χ2v) is 7.23. The maximum atomic E-state index is 13.5. The van der Waals surface area contributed by atoms with Gasteiger partial charge in [-0.1, -0.05) is 6.07 Å². The standard InChI is InChI=1S/C20H19F2N5/c21-20(22)5-3-14(4-6-20)27-12-23-10-16-15(11-26-19(16)27)13-1-2-17-18(9-13)25-8-7-24-17/h1-2,7-11,14,26H,3-6,12H2. The van der Waals surface area contributed by atoms with E-state index in [1.54, 1.807) is 12.4 Å². The number of hydrogen-bond donors (Lipinski definition) is 1. The van der Waals surface area contributed by atoms with Crippen LogP contribution in [0.4, 0.5) is 14.6 Å². The van der Waals surface area contributed by atoms with Crippen LogP contribution >= 0.6 is 0 Å². The third kappa shape index (κ3) is 2.87. The molecule has 27 heavy (non-hydrogen) atoms. The Morgan fingerprint density at radius 3 is 2.67 bits per heavy atom. The molecule has 1 aliphatic carbocycles. The zero-order chi connectivity index (χ0) is 18.4. The Kier molecular flexibility index (Phi) is 3.70. The van der Waals surface area contributed by atoms with E-state index in [1.165, 1.54) is 0 Å². The summed E-state index contributed by atoms with van der Waals surface area (Å²) in [5, 5.41) is 0. The predicted molar refractivity (Wildman–Crippen MR) is 101 cm³/mol. The number of aromatic nitrogens is 3. The molecule has 0 saturated heterocycles. The Labute approximate surface area is 155 Å². The fourth-order valence-electron chi connectivity index (χ4n) is 4.09. The first-order chi connectivity index (χ1) is 13.1. The van der Waals surface area contributed by atoms with E-state index in [4.69, 9.17) is 0 Å². The maximum Gasteiger partial charge on any atom is 0.248 e. The molecule has 1 N–H and O–H groups in total. The summed E-state index contributed by atoms with van der Waals surface area (Å²) in [4.78, 5) is 18.7. The fraction of sp³-hybridized carbons (Fsp3) is 0.350. The highest BCUT2D eigenvalue weighted by Gasteiger charge is 2.38. The third-order valence-corrected chi connectivity index (χ3v) is 5.55. The van der Waals surface area contributed by atoms with Crippen LogP contribution in [-0.4, -0.2) is 39.8 Å². The number of nitrogens with one attached hydrogen (secondary N) is 1. The Hall–Kier alpha value is -2.83. The summed E-state index contributed by atoms with van der Waals surface area (Å²) < 4.78 is 27.1. The molecule has 0 atom stereocenters. The van der Waals surface area contributed by atoms with Crippen LogP contribution in [0, 0.1) is 0 Å². The minimum absolute atomic E-state index is 0.0515. The van der Waals surface area contributed by atoms with Crippen LogP contribution in [0.15, 0.2) is 41.8 Å². The van der Waals surface area contributed by atoms with Crippen LogP contribution in [0.3, 0.4) is 0 Å². The van der Waals surface area contributed by atoms with Gasteiger partial charge in [-0.3, -0.25) is 15.0 Å². The Morgan fingerprint density at radius 2 is 1.85 bits per heavy atom. The molecule has 7 heteroatoms. The number of hydrogen-bond acceptors (Lipinski definition) is 4. The monoisotopic (exact) mass is 367 g/mol. The van der Waals surface area contributed by atoms with Crippen LogP contribution in [-0.2, 0) is 0 Å². The van der Waals surface area contributed by atoms with Crippen molar-refractivity contribution in [2.24, 2.45) is 4.99 Å². The Balaban J connectivity index is 1.49. The summed E-state index contributed by atoms with van der Waals surface area (Å²) >= 11 is 0. The summed E-state index contributed by atoms with van der Waals surface area (Å²) in [6.07, 6.45) is 8.07. The summed E-state index contributed by atoms with van der Waals surface area (Å²) in [6, 6.07) is 6.08. The van der Waals surface area contributed by atoms with Gasteiger partial charge < -0.3 is 9.88 Å². The molecule has 5 rings (SSSR count). The summed E-state index contributed by atoms with van der Waals surface area (Å²) in [5.41, 5.74) is 4.76. The SMILES string of the molecule is FC1(F)CCC(N2CN=Cc3c(-c4ccc5nccnc5c4)c[nH]c32)CC1. The van der Waals surface area contributed by atoms with Crippen molar-refractivity contribution in [2.75, 3.05) is 11.6 Å². The van der Waals surface area contributed by atoms with Gasteiger partial charge in [0.05, 0.1) is 11.0 Å². The third-order valence-electron chi connectivity index (χ3n) is 5.55. The molecule has 1 aliphatic heterocycles. The Bertz CT molecular complexity index is 1020. The van der Waals surface area contributed by atoms with E-state index in [0.29, 0.717) is 19.5 Å². The van der Waals surface area contributed by atoms with Crippen molar-refractivity contribution in [3.63, 3.8) is 0 Å². The number of aliphatic imine (C=N–C) groups is 1. The number of nitrogens with zero attached hydrogens (tertiary/aromatic N) is 4. The highest BCUT2D eigenvalue weighted by molar-refractivity contribution is 5.99. The van der Waals surface area contributed by atoms with Crippen LogP contribution in [0.2, 0.25) is 0 Å². The van der Waals surface area contributed by atoms with Gasteiger partial charge in [0.25, 0.3) is 0 Å². The quantitative estimate of drug-likeness (QED) is 0.730. The smallest absolute Gasteiger partial charge is 0.248 e. The topological polar surface area (TPSA) is 57.2 Å². The molecule has 1 saturated carbocycles. The minimum atomic E-state index is -2.52. The van der Waals surface area contributed by atoms with Gasteiger partial charge in [0.2, 0.25) is 5.92 Å². The number of aromatic amines is 1. The summed E-state index contributed by atoms with van der Waals surface area (Å²) in [6.45, 7) is 0.506. The van der Waals surface area contributed by atoms with Crippen molar-refractivity contribution in [3.8, 4) is 11.1 Å². The van der Waals surface area contributed by atoms with E-state index < -0.39 is 5.92 Å². The number of rotatable bonds is 2. The molecule has 2 aliphatic rings. The lowest BCUT2D eigenvalue weighted by Gasteiger charge is -2.38. The molecular formula is C20H19F2N5. The van der Waals surface area contributed by atoms with Gasteiger partial charge in [-0.25, -0.2) is 8.78 Å². The lowest BCUT2D eigenvalue weighted by Crippen LogP contribution is -2.42. The Morgan fingerprint density at radius 1 is 1.07 bits per heavy atom. The van der Waals surface area contributed by atoms with Gasteiger partial charge in [-0.05, 0) is 30.5 Å². The minimum Gasteiger partial charge on any atom is -0.347 e. The molecule has 0 radical (unpaired) electrons. The van der Waals surface area contributed by atoms with Crippen LogP contribution in [0.1, 0.15) is 31.2 Å². The van der Waals surface area contributed by atoms with Crippen LogP contribution < -0.4 is 4.90 Å². The van der Waals surface area contributed by atoms with E-state index in [1.807, 2.05) is 30.6 Å². The van der Waals surface area contributed by atoms with Crippen LogP contribution in [0.5, 0.6) is 0 Å². The van der Waals surface area contributed by atoms with E-state index >= 15 is 0 Å². The molecule has 5 nitrogen and oxygen atoms in total. The molecule has 3 heterocycles. The maximum absolute atomic E-state index is 13.5.